The molecule has 1 unspecified atom stereocenters. The van der Waals surface area contributed by atoms with Crippen molar-refractivity contribution in [3.05, 3.63) is 94.8 Å². The highest BCUT2D eigenvalue weighted by molar-refractivity contribution is 6.21. The first kappa shape index (κ1) is 30.8. The number of nitrogen functional groups attached to an aromatic ring is 1. The van der Waals surface area contributed by atoms with Crippen LogP contribution in [0.3, 0.4) is 0 Å². The minimum atomic E-state index is -1.37. The minimum absolute atomic E-state index is 0.00877. The first-order valence-corrected chi connectivity index (χ1v) is 14.0. The summed E-state index contributed by atoms with van der Waals surface area (Å²) in [5, 5.41) is 7.52. The van der Waals surface area contributed by atoms with Crippen LogP contribution in [0.5, 0.6) is 11.5 Å². The van der Waals surface area contributed by atoms with Gasteiger partial charge in [0.2, 0.25) is 0 Å². The zero-order valence-corrected chi connectivity index (χ0v) is 24.3. The molecule has 1 heterocycles. The summed E-state index contributed by atoms with van der Waals surface area (Å²) in [6, 6.07) is 18.6. The smallest absolute Gasteiger partial charge is 0.271 e. The second kappa shape index (κ2) is 14.2. The van der Waals surface area contributed by atoms with Gasteiger partial charge in [0.15, 0.2) is 17.7 Å². The molecule has 0 spiro atoms. The van der Waals surface area contributed by atoms with Crippen molar-refractivity contribution >= 4 is 29.4 Å². The molecule has 1 aliphatic rings. The van der Waals surface area contributed by atoms with E-state index < -0.39 is 17.8 Å². The Morgan fingerprint density at radius 2 is 1.76 bits per heavy atom. The van der Waals surface area contributed by atoms with Crippen molar-refractivity contribution in [1.82, 2.24) is 9.32 Å². The SMILES string of the molecule is CCOc1cc(OC2CCN(C(=O)c3ccccc3)CC2)c(F)c(C(OC)C(=O)N(Cl)Cc2ccc(C(=N)N)cc2)c1. The van der Waals surface area contributed by atoms with Crippen molar-refractivity contribution in [2.75, 3.05) is 26.8 Å². The number of amidine groups is 1. The summed E-state index contributed by atoms with van der Waals surface area (Å²) in [7, 11) is 1.29. The maximum absolute atomic E-state index is 15.9. The summed E-state index contributed by atoms with van der Waals surface area (Å²) >= 11 is 6.34. The predicted molar refractivity (Wildman–Crippen MR) is 157 cm³/mol. The fourth-order valence-corrected chi connectivity index (χ4v) is 4.98. The molecule has 0 aromatic heterocycles. The van der Waals surface area contributed by atoms with E-state index in [-0.39, 0.29) is 35.7 Å². The lowest BCUT2D eigenvalue weighted by Gasteiger charge is -2.32. The number of rotatable bonds is 11. The summed E-state index contributed by atoms with van der Waals surface area (Å²) in [4.78, 5) is 27.9. The number of nitrogens with one attached hydrogen (secondary N) is 1. The number of carbonyl (C=O) groups is 2. The topological polar surface area (TPSA) is 118 Å². The van der Waals surface area contributed by atoms with E-state index in [0.717, 1.165) is 4.42 Å². The Kier molecular flexibility index (Phi) is 10.4. The standard InChI is InChI=1S/C31H34ClFN4O5/c1-3-41-24-17-25(28(40-2)31(39)37(32)19-20-9-11-21(12-10-20)29(34)35)27(33)26(18-24)42-23-13-15-36(16-14-23)30(38)22-7-5-4-6-8-22/h4-12,17-18,23,28H,3,13-16,19H2,1-2H3,(H3,34,35). The molecule has 11 heteroatoms. The van der Waals surface area contributed by atoms with Crippen LogP contribution in [-0.4, -0.2) is 59.9 Å². The molecule has 42 heavy (non-hydrogen) atoms. The Labute approximate surface area is 249 Å². The number of likely N-dealkylation sites (tertiary alicyclic amines) is 1. The number of ether oxygens (including phenoxy) is 3. The van der Waals surface area contributed by atoms with Crippen LogP contribution in [0.25, 0.3) is 0 Å². The molecule has 1 aliphatic heterocycles. The average molecular weight is 597 g/mol. The number of nitrogens with zero attached hydrogens (tertiary/aromatic N) is 2. The summed E-state index contributed by atoms with van der Waals surface area (Å²) in [6.07, 6.45) is -0.691. The summed E-state index contributed by atoms with van der Waals surface area (Å²) in [5.41, 5.74) is 7.27. The molecule has 4 rings (SSSR count). The number of benzene rings is 3. The molecule has 2 amide bonds. The maximum Gasteiger partial charge on any atom is 0.271 e. The van der Waals surface area contributed by atoms with Crippen LogP contribution in [0.1, 0.15) is 52.9 Å². The third kappa shape index (κ3) is 7.37. The molecule has 222 valence electrons. The van der Waals surface area contributed by atoms with E-state index in [0.29, 0.717) is 55.0 Å². The van der Waals surface area contributed by atoms with Gasteiger partial charge in [0, 0.05) is 67.6 Å². The number of amides is 2. The minimum Gasteiger partial charge on any atom is -0.494 e. The van der Waals surface area contributed by atoms with Crippen LogP contribution in [0.4, 0.5) is 4.39 Å². The number of halogens is 2. The second-order valence-corrected chi connectivity index (χ2v) is 10.2. The van der Waals surface area contributed by atoms with Gasteiger partial charge in [-0.2, -0.15) is 0 Å². The Hall–Kier alpha value is -4.15. The lowest BCUT2D eigenvalue weighted by Crippen LogP contribution is -2.41. The predicted octanol–water partition coefficient (Wildman–Crippen LogP) is 5.06. The van der Waals surface area contributed by atoms with Crippen LogP contribution in [-0.2, 0) is 16.1 Å². The Balaban J connectivity index is 1.48. The van der Waals surface area contributed by atoms with E-state index in [1.54, 1.807) is 48.2 Å². The van der Waals surface area contributed by atoms with Gasteiger partial charge in [-0.25, -0.2) is 8.81 Å². The van der Waals surface area contributed by atoms with Gasteiger partial charge in [0.25, 0.3) is 11.8 Å². The maximum atomic E-state index is 15.9. The Morgan fingerprint density at radius 1 is 1.10 bits per heavy atom. The van der Waals surface area contributed by atoms with Gasteiger partial charge in [-0.15, -0.1) is 0 Å². The molecule has 9 nitrogen and oxygen atoms in total. The molecule has 3 N–H and O–H groups in total. The molecule has 0 saturated carbocycles. The molecular weight excluding hydrogens is 563 g/mol. The number of piperidine rings is 1. The Bertz CT molecular complexity index is 1400. The highest BCUT2D eigenvalue weighted by atomic mass is 35.5. The lowest BCUT2D eigenvalue weighted by molar-refractivity contribution is -0.138. The van der Waals surface area contributed by atoms with Gasteiger partial charge in [0.05, 0.1) is 13.2 Å². The molecular formula is C31H34ClFN4O5. The largest absolute Gasteiger partial charge is 0.494 e. The number of hydrogen-bond donors (Lipinski definition) is 2. The van der Waals surface area contributed by atoms with Crippen molar-refractivity contribution < 1.29 is 28.2 Å². The molecule has 1 fully saturated rings. The van der Waals surface area contributed by atoms with Crippen molar-refractivity contribution in [3.63, 3.8) is 0 Å². The van der Waals surface area contributed by atoms with Crippen LogP contribution >= 0.6 is 11.8 Å². The summed E-state index contributed by atoms with van der Waals surface area (Å²) in [6.45, 7) is 3.04. The quantitative estimate of drug-likeness (QED) is 0.181. The monoisotopic (exact) mass is 596 g/mol. The number of hydrogen-bond acceptors (Lipinski definition) is 6. The number of nitrogens with two attached hydrogens (primary N) is 1. The Morgan fingerprint density at radius 3 is 2.36 bits per heavy atom. The van der Waals surface area contributed by atoms with Crippen molar-refractivity contribution in [1.29, 1.82) is 5.41 Å². The van der Waals surface area contributed by atoms with Crippen molar-refractivity contribution in [2.24, 2.45) is 5.73 Å². The molecule has 0 bridgehead atoms. The molecule has 0 radical (unpaired) electrons. The second-order valence-electron chi connectivity index (χ2n) is 9.82. The van der Waals surface area contributed by atoms with Gasteiger partial charge >= 0.3 is 0 Å². The van der Waals surface area contributed by atoms with Gasteiger partial charge in [-0.3, -0.25) is 15.0 Å². The van der Waals surface area contributed by atoms with Crippen LogP contribution in [0, 0.1) is 11.2 Å². The van der Waals surface area contributed by atoms with E-state index in [2.05, 4.69) is 0 Å². The van der Waals surface area contributed by atoms with Crippen molar-refractivity contribution in [2.45, 2.75) is 38.5 Å². The average Bonchev–Trinajstić information content (AvgIpc) is 3.00. The van der Waals surface area contributed by atoms with Crippen LogP contribution < -0.4 is 15.2 Å². The molecule has 3 aromatic carbocycles. The molecule has 3 aromatic rings. The van der Waals surface area contributed by atoms with E-state index in [1.807, 2.05) is 18.2 Å². The highest BCUT2D eigenvalue weighted by Crippen LogP contribution is 2.35. The summed E-state index contributed by atoms with van der Waals surface area (Å²) < 4.78 is 34.0. The third-order valence-corrected chi connectivity index (χ3v) is 7.25. The third-order valence-electron chi connectivity index (χ3n) is 6.96. The molecule has 1 saturated heterocycles. The molecule has 1 atom stereocenters. The fraction of sp³-hybridized carbons (Fsp3) is 0.323. The lowest BCUT2D eigenvalue weighted by atomic mass is 10.0. The number of carbonyl (C=O) groups excluding carboxylic acids is 2. The summed E-state index contributed by atoms with van der Waals surface area (Å²) in [5.74, 6) is -1.31. The zero-order valence-electron chi connectivity index (χ0n) is 23.5. The van der Waals surface area contributed by atoms with E-state index in [4.69, 9.17) is 37.1 Å². The zero-order chi connectivity index (χ0) is 30.2. The van der Waals surface area contributed by atoms with E-state index >= 15 is 4.39 Å². The van der Waals surface area contributed by atoms with Gasteiger partial charge in [0.1, 0.15) is 17.7 Å². The van der Waals surface area contributed by atoms with E-state index in [1.165, 1.54) is 19.2 Å². The highest BCUT2D eigenvalue weighted by Gasteiger charge is 2.32. The van der Waals surface area contributed by atoms with Crippen LogP contribution in [0.2, 0.25) is 0 Å². The number of methoxy groups -OCH3 is 1. The van der Waals surface area contributed by atoms with Crippen LogP contribution in [0.15, 0.2) is 66.7 Å². The molecule has 0 aliphatic carbocycles. The van der Waals surface area contributed by atoms with Gasteiger partial charge in [-0.1, -0.05) is 42.5 Å². The first-order valence-electron chi connectivity index (χ1n) is 13.6. The van der Waals surface area contributed by atoms with E-state index in [9.17, 15) is 9.59 Å². The normalized spacial score (nSPS) is 14.2. The first-order chi connectivity index (χ1) is 20.2. The van der Waals surface area contributed by atoms with Gasteiger partial charge in [-0.05, 0) is 30.7 Å². The fourth-order valence-electron chi connectivity index (χ4n) is 4.76. The van der Waals surface area contributed by atoms with Crippen molar-refractivity contribution in [3.8, 4) is 11.5 Å². The van der Waals surface area contributed by atoms with Gasteiger partial charge < -0.3 is 24.8 Å².